The van der Waals surface area contributed by atoms with Crippen molar-refractivity contribution in [3.05, 3.63) is 58.3 Å². The quantitative estimate of drug-likeness (QED) is 0.880. The van der Waals surface area contributed by atoms with E-state index in [1.165, 1.54) is 36.2 Å². The van der Waals surface area contributed by atoms with Gasteiger partial charge in [0.05, 0.1) is 0 Å². The fourth-order valence-electron chi connectivity index (χ4n) is 4.33. The van der Waals surface area contributed by atoms with Gasteiger partial charge in [-0.2, -0.15) is 0 Å². The van der Waals surface area contributed by atoms with E-state index >= 15 is 0 Å². The molecule has 0 unspecified atom stereocenters. The number of hydrogen-bond donors (Lipinski definition) is 1. The van der Waals surface area contributed by atoms with Gasteiger partial charge in [-0.15, -0.1) is 0 Å². The number of fused-ring (bicyclic) bond motifs is 1. The number of carbonyl (C=O) groups is 2. The van der Waals surface area contributed by atoms with Gasteiger partial charge >= 0.3 is 5.69 Å². The minimum atomic E-state index is -0.474. The van der Waals surface area contributed by atoms with Gasteiger partial charge in [0, 0.05) is 36.7 Å². The summed E-state index contributed by atoms with van der Waals surface area (Å²) in [6.07, 6.45) is 6.63. The first kappa shape index (κ1) is 18.4. The summed E-state index contributed by atoms with van der Waals surface area (Å²) < 4.78 is 1.24. The third kappa shape index (κ3) is 3.69. The molecule has 2 atom stereocenters. The first-order chi connectivity index (χ1) is 13.5. The molecule has 28 heavy (non-hydrogen) atoms. The number of carbonyl (C=O) groups excluding carboxylic acids is 2. The number of aryl methyl sites for hydroxylation is 1. The second-order valence-corrected chi connectivity index (χ2v) is 7.77. The lowest BCUT2D eigenvalue weighted by Crippen LogP contribution is -2.30. The van der Waals surface area contributed by atoms with Gasteiger partial charge < -0.3 is 10.2 Å². The summed E-state index contributed by atoms with van der Waals surface area (Å²) in [4.78, 5) is 42.5. The molecule has 0 spiro atoms. The Morgan fingerprint density at radius 3 is 2.68 bits per heavy atom. The van der Waals surface area contributed by atoms with Crippen LogP contribution in [0.3, 0.4) is 0 Å². The molecule has 2 aromatic rings. The molecular weight excluding hydrogens is 356 g/mol. The Morgan fingerprint density at radius 2 is 1.96 bits per heavy atom. The summed E-state index contributed by atoms with van der Waals surface area (Å²) in [5.41, 5.74) is 1.56. The molecule has 1 aliphatic heterocycles. The van der Waals surface area contributed by atoms with Crippen molar-refractivity contribution >= 4 is 17.5 Å². The maximum atomic E-state index is 12.9. The number of anilines is 1. The highest BCUT2D eigenvalue weighted by Gasteiger charge is 2.38. The van der Waals surface area contributed by atoms with E-state index in [0.717, 1.165) is 18.7 Å². The Kier molecular flexibility index (Phi) is 4.98. The second kappa shape index (κ2) is 7.58. The largest absolute Gasteiger partial charge is 0.347 e. The van der Waals surface area contributed by atoms with E-state index in [0.29, 0.717) is 23.1 Å². The van der Waals surface area contributed by atoms with Crippen molar-refractivity contribution in [3.63, 3.8) is 0 Å². The van der Waals surface area contributed by atoms with Crippen LogP contribution in [-0.2, 0) is 11.3 Å². The zero-order valence-electron chi connectivity index (χ0n) is 15.9. The van der Waals surface area contributed by atoms with Crippen LogP contribution in [0.2, 0.25) is 0 Å². The Bertz CT molecular complexity index is 956. The molecule has 0 radical (unpaired) electrons. The SMILES string of the molecule is Cc1ccc(C(=O)N2C[C@H]3CCC[C@H]3C2)cc1NC(=O)Cn1cccnc1=O. The van der Waals surface area contributed by atoms with Crippen molar-refractivity contribution in [2.75, 3.05) is 18.4 Å². The van der Waals surface area contributed by atoms with Gasteiger partial charge in [0.15, 0.2) is 0 Å². The van der Waals surface area contributed by atoms with E-state index in [1.807, 2.05) is 24.0 Å². The van der Waals surface area contributed by atoms with Gasteiger partial charge in [0.1, 0.15) is 6.54 Å². The van der Waals surface area contributed by atoms with Crippen molar-refractivity contribution in [3.8, 4) is 0 Å². The molecule has 146 valence electrons. The van der Waals surface area contributed by atoms with E-state index in [4.69, 9.17) is 0 Å². The summed E-state index contributed by atoms with van der Waals surface area (Å²) in [6.45, 7) is 3.42. The van der Waals surface area contributed by atoms with Crippen LogP contribution in [-0.4, -0.2) is 39.4 Å². The van der Waals surface area contributed by atoms with Crippen LogP contribution in [0.5, 0.6) is 0 Å². The highest BCUT2D eigenvalue weighted by atomic mass is 16.2. The topological polar surface area (TPSA) is 84.3 Å². The molecular formula is C21H24N4O3. The number of amides is 2. The first-order valence-corrected chi connectivity index (χ1v) is 9.72. The Morgan fingerprint density at radius 1 is 1.21 bits per heavy atom. The highest BCUT2D eigenvalue weighted by molar-refractivity contribution is 5.98. The smallest absolute Gasteiger partial charge is 0.338 e. The van der Waals surface area contributed by atoms with Gasteiger partial charge in [0.25, 0.3) is 5.91 Å². The monoisotopic (exact) mass is 380 g/mol. The standard InChI is InChI=1S/C21H24N4O3/c1-14-6-7-15(20(27)25-11-16-4-2-5-17(16)12-25)10-18(14)23-19(26)13-24-9-3-8-22-21(24)28/h3,6-10,16-17H,2,4-5,11-13H2,1H3,(H,23,26)/t16-,17+. The molecule has 2 aliphatic rings. The third-order valence-corrected chi connectivity index (χ3v) is 5.87. The van der Waals surface area contributed by atoms with E-state index < -0.39 is 5.69 Å². The van der Waals surface area contributed by atoms with Gasteiger partial charge in [0.2, 0.25) is 5.91 Å². The van der Waals surface area contributed by atoms with Crippen LogP contribution in [0.15, 0.2) is 41.5 Å². The Balaban J connectivity index is 1.46. The Hall–Kier alpha value is -2.96. The summed E-state index contributed by atoms with van der Waals surface area (Å²) in [6, 6.07) is 6.99. The van der Waals surface area contributed by atoms with Crippen molar-refractivity contribution in [2.24, 2.45) is 11.8 Å². The third-order valence-electron chi connectivity index (χ3n) is 5.87. The number of aromatic nitrogens is 2. The molecule has 1 saturated carbocycles. The lowest BCUT2D eigenvalue weighted by molar-refractivity contribution is -0.116. The molecule has 7 nitrogen and oxygen atoms in total. The number of nitrogens with one attached hydrogen (secondary N) is 1. The average Bonchev–Trinajstić information content (AvgIpc) is 3.27. The number of nitrogens with zero attached hydrogens (tertiary/aromatic N) is 3. The summed E-state index contributed by atoms with van der Waals surface area (Å²) in [5.74, 6) is 0.976. The maximum absolute atomic E-state index is 12.9. The molecule has 1 aromatic heterocycles. The minimum absolute atomic E-state index is 0.0216. The van der Waals surface area contributed by atoms with Gasteiger partial charge in [-0.25, -0.2) is 9.78 Å². The van der Waals surface area contributed by atoms with Crippen LogP contribution in [0.25, 0.3) is 0 Å². The van der Waals surface area contributed by atoms with Crippen molar-refractivity contribution in [2.45, 2.75) is 32.7 Å². The number of rotatable bonds is 4. The number of benzene rings is 1. The fraction of sp³-hybridized carbons (Fsp3) is 0.429. The van der Waals surface area contributed by atoms with Crippen LogP contribution >= 0.6 is 0 Å². The molecule has 1 aromatic carbocycles. The molecule has 1 N–H and O–H groups in total. The highest BCUT2D eigenvalue weighted by Crippen LogP contribution is 2.38. The zero-order valence-corrected chi connectivity index (χ0v) is 15.9. The minimum Gasteiger partial charge on any atom is -0.338 e. The van der Waals surface area contributed by atoms with Crippen molar-refractivity contribution in [1.29, 1.82) is 0 Å². The lowest BCUT2D eigenvalue weighted by Gasteiger charge is -2.18. The zero-order chi connectivity index (χ0) is 19.7. The van der Waals surface area contributed by atoms with Crippen LogP contribution in [0, 0.1) is 18.8 Å². The van der Waals surface area contributed by atoms with Gasteiger partial charge in [-0.05, 0) is 55.4 Å². The van der Waals surface area contributed by atoms with E-state index in [2.05, 4.69) is 10.3 Å². The molecule has 2 fully saturated rings. The van der Waals surface area contributed by atoms with Crippen LogP contribution < -0.4 is 11.0 Å². The number of likely N-dealkylation sites (tertiary alicyclic amines) is 1. The second-order valence-electron chi connectivity index (χ2n) is 7.77. The fourth-order valence-corrected chi connectivity index (χ4v) is 4.33. The molecule has 2 heterocycles. The summed E-state index contributed by atoms with van der Waals surface area (Å²) in [7, 11) is 0. The first-order valence-electron chi connectivity index (χ1n) is 9.72. The molecule has 4 rings (SSSR count). The molecule has 1 saturated heterocycles. The molecule has 7 heteroatoms. The van der Waals surface area contributed by atoms with Crippen LogP contribution in [0.4, 0.5) is 5.69 Å². The van der Waals surface area contributed by atoms with Gasteiger partial charge in [-0.1, -0.05) is 12.5 Å². The maximum Gasteiger partial charge on any atom is 0.347 e. The normalized spacial score (nSPS) is 20.8. The van der Waals surface area contributed by atoms with Crippen molar-refractivity contribution in [1.82, 2.24) is 14.5 Å². The predicted molar refractivity (Wildman–Crippen MR) is 105 cm³/mol. The molecule has 2 amide bonds. The van der Waals surface area contributed by atoms with Crippen molar-refractivity contribution < 1.29 is 9.59 Å². The lowest BCUT2D eigenvalue weighted by atomic mass is 10.0. The van der Waals surface area contributed by atoms with E-state index in [1.54, 1.807) is 12.1 Å². The van der Waals surface area contributed by atoms with E-state index in [-0.39, 0.29) is 18.4 Å². The van der Waals surface area contributed by atoms with E-state index in [9.17, 15) is 14.4 Å². The summed E-state index contributed by atoms with van der Waals surface area (Å²) >= 11 is 0. The molecule has 0 bridgehead atoms. The predicted octanol–water partition coefficient (Wildman–Crippen LogP) is 2.06. The van der Waals surface area contributed by atoms with Gasteiger partial charge in [-0.3, -0.25) is 14.2 Å². The van der Waals surface area contributed by atoms with Crippen LogP contribution in [0.1, 0.15) is 35.2 Å². The summed E-state index contributed by atoms with van der Waals surface area (Å²) in [5, 5.41) is 2.81. The Labute approximate surface area is 163 Å². The molecule has 1 aliphatic carbocycles. The average molecular weight is 380 g/mol. The number of hydrogen-bond acceptors (Lipinski definition) is 4.